The lowest BCUT2D eigenvalue weighted by Crippen LogP contribution is -2.48. The highest BCUT2D eigenvalue weighted by atomic mass is 19.1. The van der Waals surface area contributed by atoms with Gasteiger partial charge in [0, 0.05) is 17.9 Å². The fraction of sp³-hybridized carbons (Fsp3) is 0.346. The van der Waals surface area contributed by atoms with Gasteiger partial charge in [-0.1, -0.05) is 48.5 Å². The van der Waals surface area contributed by atoms with Crippen molar-refractivity contribution in [2.24, 2.45) is 0 Å². The number of allylic oxidation sites excluding steroid dienone is 1. The van der Waals surface area contributed by atoms with Gasteiger partial charge in [0.05, 0.1) is 24.3 Å². The van der Waals surface area contributed by atoms with Gasteiger partial charge >= 0.3 is 6.03 Å². The number of benzene rings is 2. The van der Waals surface area contributed by atoms with Crippen LogP contribution in [0.15, 0.2) is 58.8 Å². The first kappa shape index (κ1) is 22.3. The second-order valence-corrected chi connectivity index (χ2v) is 8.66. The van der Waals surface area contributed by atoms with Crippen molar-refractivity contribution in [2.45, 2.75) is 45.3 Å². The van der Waals surface area contributed by atoms with Crippen LogP contribution in [0.1, 0.15) is 49.7 Å². The molecule has 7 nitrogen and oxygen atoms in total. The highest BCUT2D eigenvalue weighted by Crippen LogP contribution is 2.38. The smallest absolute Gasteiger partial charge is 0.322 e. The van der Waals surface area contributed by atoms with Gasteiger partial charge in [0.15, 0.2) is 0 Å². The molecule has 3 heterocycles. The van der Waals surface area contributed by atoms with Gasteiger partial charge < -0.3 is 14.6 Å². The molecule has 2 atom stereocenters. The van der Waals surface area contributed by atoms with Crippen LogP contribution in [-0.4, -0.2) is 40.3 Å². The van der Waals surface area contributed by atoms with Crippen molar-refractivity contribution in [3.05, 3.63) is 77.1 Å². The van der Waals surface area contributed by atoms with Crippen LogP contribution in [0, 0.1) is 5.82 Å². The fourth-order valence-corrected chi connectivity index (χ4v) is 4.54. The first-order chi connectivity index (χ1) is 16.5. The third kappa shape index (κ3) is 4.33. The van der Waals surface area contributed by atoms with Crippen LogP contribution in [0.2, 0.25) is 0 Å². The topological polar surface area (TPSA) is 80.5 Å². The molecule has 1 saturated heterocycles. The van der Waals surface area contributed by atoms with Crippen molar-refractivity contribution in [1.29, 1.82) is 0 Å². The van der Waals surface area contributed by atoms with Crippen molar-refractivity contribution in [2.75, 3.05) is 13.2 Å². The van der Waals surface area contributed by atoms with E-state index in [-0.39, 0.29) is 23.8 Å². The zero-order valence-electron chi connectivity index (χ0n) is 19.3. The van der Waals surface area contributed by atoms with E-state index in [4.69, 9.17) is 9.26 Å². The Kier molecular flexibility index (Phi) is 6.15. The minimum absolute atomic E-state index is 0.00659. The standard InChI is InChI=1S/C26H27FN4O3/c1-3-17-9-11-18(12-10-17)23-22(16(2)31(26(32)28-23)15-21-8-5-13-33-21)25-29-24(30-34-25)19-6-4-7-20(27)14-19/h4,6-7,9-12,14,21,23H,3,5,8,13,15H2,1-2H3,(H,28,32). The fourth-order valence-electron chi connectivity index (χ4n) is 4.54. The Morgan fingerprint density at radius 1 is 1.21 bits per heavy atom. The quantitative estimate of drug-likeness (QED) is 0.550. The summed E-state index contributed by atoms with van der Waals surface area (Å²) >= 11 is 0. The highest BCUT2D eigenvalue weighted by Gasteiger charge is 2.37. The average molecular weight is 463 g/mol. The summed E-state index contributed by atoms with van der Waals surface area (Å²) in [7, 11) is 0. The molecule has 2 aliphatic rings. The molecule has 2 amide bonds. The third-order valence-corrected chi connectivity index (χ3v) is 6.47. The van der Waals surface area contributed by atoms with Gasteiger partial charge in [-0.25, -0.2) is 9.18 Å². The van der Waals surface area contributed by atoms with Crippen molar-refractivity contribution in [3.8, 4) is 11.4 Å². The van der Waals surface area contributed by atoms with Crippen LogP contribution in [0.25, 0.3) is 17.0 Å². The number of urea groups is 1. The van der Waals surface area contributed by atoms with Crippen molar-refractivity contribution in [1.82, 2.24) is 20.4 Å². The Bertz CT molecular complexity index is 1210. The zero-order chi connectivity index (χ0) is 23.7. The van der Waals surface area contributed by atoms with Crippen LogP contribution in [0.5, 0.6) is 0 Å². The van der Waals surface area contributed by atoms with E-state index in [2.05, 4.69) is 34.5 Å². The van der Waals surface area contributed by atoms with Gasteiger partial charge in [-0.05, 0) is 49.4 Å². The summed E-state index contributed by atoms with van der Waals surface area (Å²) in [4.78, 5) is 19.4. The molecule has 34 heavy (non-hydrogen) atoms. The number of rotatable bonds is 6. The Labute approximate surface area is 197 Å². The molecule has 1 aromatic heterocycles. The van der Waals surface area contributed by atoms with Gasteiger partial charge in [0.1, 0.15) is 5.82 Å². The maximum atomic E-state index is 13.7. The van der Waals surface area contributed by atoms with Gasteiger partial charge in [-0.15, -0.1) is 0 Å². The summed E-state index contributed by atoms with van der Waals surface area (Å²) in [6.07, 6.45) is 2.82. The molecule has 1 fully saturated rings. The van der Waals surface area contributed by atoms with Gasteiger partial charge in [-0.3, -0.25) is 4.90 Å². The van der Waals surface area contributed by atoms with Crippen molar-refractivity contribution in [3.63, 3.8) is 0 Å². The van der Waals surface area contributed by atoms with E-state index in [1.54, 1.807) is 17.0 Å². The third-order valence-electron chi connectivity index (χ3n) is 6.47. The van der Waals surface area contributed by atoms with Crippen molar-refractivity contribution >= 4 is 11.6 Å². The van der Waals surface area contributed by atoms with Crippen LogP contribution in [0.3, 0.4) is 0 Å². The summed E-state index contributed by atoms with van der Waals surface area (Å²) < 4.78 is 25.2. The maximum Gasteiger partial charge on any atom is 0.322 e. The number of hydrogen-bond donors (Lipinski definition) is 1. The number of ether oxygens (including phenoxy) is 1. The lowest BCUT2D eigenvalue weighted by Gasteiger charge is -2.36. The molecule has 0 saturated carbocycles. The molecule has 0 bridgehead atoms. The van der Waals surface area contributed by atoms with E-state index in [0.717, 1.165) is 36.1 Å². The number of nitrogens with one attached hydrogen (secondary N) is 1. The summed E-state index contributed by atoms with van der Waals surface area (Å²) in [5, 5.41) is 7.21. The molecule has 0 radical (unpaired) electrons. The first-order valence-corrected chi connectivity index (χ1v) is 11.6. The molecule has 3 aromatic rings. The number of hydrogen-bond acceptors (Lipinski definition) is 5. The lowest BCUT2D eigenvalue weighted by atomic mass is 9.93. The van der Waals surface area contributed by atoms with Crippen LogP contribution < -0.4 is 5.32 Å². The normalized spacial score (nSPS) is 20.7. The monoisotopic (exact) mass is 462 g/mol. The Morgan fingerprint density at radius 3 is 2.74 bits per heavy atom. The summed E-state index contributed by atoms with van der Waals surface area (Å²) in [5.74, 6) is 0.205. The predicted octanol–water partition coefficient (Wildman–Crippen LogP) is 5.11. The predicted molar refractivity (Wildman–Crippen MR) is 125 cm³/mol. The molecule has 0 aliphatic carbocycles. The van der Waals surface area contributed by atoms with Gasteiger partial charge in [0.2, 0.25) is 5.82 Å². The second-order valence-electron chi connectivity index (χ2n) is 8.66. The Balaban J connectivity index is 1.56. The molecular weight excluding hydrogens is 435 g/mol. The van der Waals surface area contributed by atoms with Crippen LogP contribution >= 0.6 is 0 Å². The largest absolute Gasteiger partial charge is 0.376 e. The van der Waals surface area contributed by atoms with E-state index >= 15 is 0 Å². The first-order valence-electron chi connectivity index (χ1n) is 11.6. The Morgan fingerprint density at radius 2 is 2.03 bits per heavy atom. The second kappa shape index (κ2) is 9.38. The Hall–Kier alpha value is -3.52. The van der Waals surface area contributed by atoms with Crippen LogP contribution in [-0.2, 0) is 11.2 Å². The number of amides is 2. The summed E-state index contributed by atoms with van der Waals surface area (Å²) in [6.45, 7) is 5.15. The molecule has 176 valence electrons. The number of nitrogens with zero attached hydrogens (tertiary/aromatic N) is 3. The van der Waals surface area contributed by atoms with Crippen LogP contribution in [0.4, 0.5) is 9.18 Å². The molecule has 1 N–H and O–H groups in total. The van der Waals surface area contributed by atoms with Gasteiger partial charge in [-0.2, -0.15) is 4.98 Å². The average Bonchev–Trinajstić information content (AvgIpc) is 3.54. The van der Waals surface area contributed by atoms with Crippen molar-refractivity contribution < 1.29 is 18.4 Å². The number of halogens is 1. The molecule has 5 rings (SSSR count). The number of carbonyl (C=O) groups excluding carboxylic acids is 1. The zero-order valence-corrected chi connectivity index (χ0v) is 19.3. The maximum absolute atomic E-state index is 13.7. The molecule has 0 spiro atoms. The summed E-state index contributed by atoms with van der Waals surface area (Å²) in [6, 6.07) is 13.5. The molecule has 8 heteroatoms. The van der Waals surface area contributed by atoms with E-state index in [0.29, 0.717) is 24.6 Å². The van der Waals surface area contributed by atoms with Gasteiger partial charge in [0.25, 0.3) is 5.89 Å². The molecular formula is C26H27FN4O3. The summed E-state index contributed by atoms with van der Waals surface area (Å²) in [5.41, 5.74) is 4.10. The minimum atomic E-state index is -0.458. The molecule has 2 unspecified atom stereocenters. The van der Waals surface area contributed by atoms with E-state index < -0.39 is 6.04 Å². The van der Waals surface area contributed by atoms with E-state index in [1.807, 2.05) is 19.1 Å². The number of aromatic nitrogens is 2. The van der Waals surface area contributed by atoms with E-state index in [9.17, 15) is 9.18 Å². The van der Waals surface area contributed by atoms with E-state index in [1.165, 1.54) is 17.7 Å². The lowest BCUT2D eigenvalue weighted by molar-refractivity contribution is 0.0877. The number of aryl methyl sites for hydroxylation is 1. The SMILES string of the molecule is CCc1ccc(C2NC(=O)N(CC3CCCO3)C(C)=C2c2nc(-c3cccc(F)c3)no2)cc1. The molecule has 2 aromatic carbocycles. The number of carbonyl (C=O) groups is 1. The molecule has 2 aliphatic heterocycles. The minimum Gasteiger partial charge on any atom is -0.376 e. The highest BCUT2D eigenvalue weighted by molar-refractivity contribution is 5.87.